The first kappa shape index (κ1) is 9.74. The molecule has 0 unspecified atom stereocenters. The number of amides is 1. The van der Waals surface area contributed by atoms with Crippen molar-refractivity contribution < 1.29 is 4.79 Å². The maximum atomic E-state index is 11.3. The molecule has 1 aromatic rings. The van der Waals surface area contributed by atoms with Crippen LogP contribution in [0.2, 0.25) is 0 Å². The maximum absolute atomic E-state index is 11.3. The molecule has 0 aliphatic heterocycles. The first-order valence-corrected chi connectivity index (χ1v) is 5.38. The van der Waals surface area contributed by atoms with Gasteiger partial charge in [-0.05, 0) is 34.5 Å². The largest absolute Gasteiger partial charge is 0.351 e. The van der Waals surface area contributed by atoms with Crippen molar-refractivity contribution in [2.24, 2.45) is 0 Å². The van der Waals surface area contributed by atoms with Gasteiger partial charge in [-0.15, -0.1) is 11.3 Å². The van der Waals surface area contributed by atoms with E-state index in [0.717, 1.165) is 21.6 Å². The highest BCUT2D eigenvalue weighted by atomic mass is 79.9. The number of thiophene rings is 1. The fourth-order valence-electron chi connectivity index (χ4n) is 0.762. The zero-order valence-corrected chi connectivity index (χ0v) is 9.17. The van der Waals surface area contributed by atoms with Gasteiger partial charge in [-0.2, -0.15) is 0 Å². The second-order valence-electron chi connectivity index (χ2n) is 2.36. The molecule has 2 nitrogen and oxygen atoms in total. The lowest BCUT2D eigenvalue weighted by atomic mass is 10.4. The van der Waals surface area contributed by atoms with Crippen LogP contribution in [0.3, 0.4) is 0 Å². The molecule has 1 heterocycles. The van der Waals surface area contributed by atoms with E-state index >= 15 is 0 Å². The molecule has 4 heteroatoms. The summed E-state index contributed by atoms with van der Waals surface area (Å²) in [6.07, 6.45) is 0.971. The van der Waals surface area contributed by atoms with E-state index in [1.807, 2.05) is 19.1 Å². The molecule has 12 heavy (non-hydrogen) atoms. The van der Waals surface area contributed by atoms with Gasteiger partial charge in [-0.3, -0.25) is 4.79 Å². The van der Waals surface area contributed by atoms with Gasteiger partial charge in [0.05, 0.1) is 8.66 Å². The van der Waals surface area contributed by atoms with Crippen LogP contribution < -0.4 is 5.32 Å². The van der Waals surface area contributed by atoms with Gasteiger partial charge in [0.2, 0.25) is 0 Å². The molecule has 1 N–H and O–H groups in total. The predicted octanol–water partition coefficient (Wildman–Crippen LogP) is 2.65. The summed E-state index contributed by atoms with van der Waals surface area (Å²) in [6.45, 7) is 2.78. The third-order valence-corrected chi connectivity index (χ3v) is 2.95. The summed E-state index contributed by atoms with van der Waals surface area (Å²) in [6, 6.07) is 3.70. The topological polar surface area (TPSA) is 29.1 Å². The average Bonchev–Trinajstić information content (AvgIpc) is 2.47. The summed E-state index contributed by atoms with van der Waals surface area (Å²) in [5.41, 5.74) is 0. The van der Waals surface area contributed by atoms with Gasteiger partial charge in [0.15, 0.2) is 0 Å². The van der Waals surface area contributed by atoms with Crippen molar-refractivity contribution in [3.8, 4) is 0 Å². The fourth-order valence-corrected chi connectivity index (χ4v) is 2.06. The van der Waals surface area contributed by atoms with Gasteiger partial charge in [-0.1, -0.05) is 6.92 Å². The van der Waals surface area contributed by atoms with E-state index in [-0.39, 0.29) is 5.91 Å². The summed E-state index contributed by atoms with van der Waals surface area (Å²) in [5, 5.41) is 2.81. The fraction of sp³-hybridized carbons (Fsp3) is 0.375. The van der Waals surface area contributed by atoms with Crippen LogP contribution in [0.25, 0.3) is 0 Å². The molecule has 1 aromatic heterocycles. The Morgan fingerprint density at radius 3 is 2.92 bits per heavy atom. The lowest BCUT2D eigenvalue weighted by Crippen LogP contribution is -2.22. The molecule has 0 fully saturated rings. The normalized spacial score (nSPS) is 9.83. The van der Waals surface area contributed by atoms with Gasteiger partial charge in [0.25, 0.3) is 5.91 Å². The van der Waals surface area contributed by atoms with E-state index in [0.29, 0.717) is 0 Å². The van der Waals surface area contributed by atoms with Crippen molar-refractivity contribution in [2.75, 3.05) is 6.54 Å². The number of hydrogen-bond donors (Lipinski definition) is 1. The van der Waals surface area contributed by atoms with E-state index in [9.17, 15) is 4.79 Å². The van der Waals surface area contributed by atoms with Crippen LogP contribution in [0.5, 0.6) is 0 Å². The second kappa shape index (κ2) is 4.62. The number of hydrogen-bond acceptors (Lipinski definition) is 2. The molecule has 1 amide bonds. The molecule has 0 bridgehead atoms. The summed E-state index contributed by atoms with van der Waals surface area (Å²) in [4.78, 5) is 12.1. The molecule has 66 valence electrons. The summed E-state index contributed by atoms with van der Waals surface area (Å²) < 4.78 is 0.990. The Bertz CT molecular complexity index is 272. The van der Waals surface area contributed by atoms with Crippen LogP contribution in [-0.2, 0) is 0 Å². The predicted molar refractivity (Wildman–Crippen MR) is 54.6 cm³/mol. The van der Waals surface area contributed by atoms with Crippen LogP contribution in [-0.4, -0.2) is 12.5 Å². The maximum Gasteiger partial charge on any atom is 0.261 e. The molecular formula is C8H10BrNOS. The Hall–Kier alpha value is -0.350. The van der Waals surface area contributed by atoms with Crippen molar-refractivity contribution in [2.45, 2.75) is 13.3 Å². The minimum Gasteiger partial charge on any atom is -0.351 e. The van der Waals surface area contributed by atoms with Crippen molar-refractivity contribution in [1.29, 1.82) is 0 Å². The monoisotopic (exact) mass is 247 g/mol. The highest BCUT2D eigenvalue weighted by Crippen LogP contribution is 2.21. The van der Waals surface area contributed by atoms with E-state index in [1.165, 1.54) is 11.3 Å². The average molecular weight is 248 g/mol. The summed E-state index contributed by atoms with van der Waals surface area (Å²) in [5.74, 6) is 0.0209. The van der Waals surface area contributed by atoms with E-state index < -0.39 is 0 Å². The minimum absolute atomic E-state index is 0.0209. The first-order chi connectivity index (χ1) is 5.74. The molecule has 0 aromatic carbocycles. The number of nitrogens with one attached hydrogen (secondary N) is 1. The number of rotatable bonds is 3. The third kappa shape index (κ3) is 2.60. The molecule has 0 saturated heterocycles. The number of halogens is 1. The van der Waals surface area contributed by atoms with E-state index in [2.05, 4.69) is 21.2 Å². The summed E-state index contributed by atoms with van der Waals surface area (Å²) in [7, 11) is 0. The zero-order valence-electron chi connectivity index (χ0n) is 6.76. The highest BCUT2D eigenvalue weighted by Gasteiger charge is 2.06. The van der Waals surface area contributed by atoms with Crippen molar-refractivity contribution in [3.63, 3.8) is 0 Å². The Labute approximate surface area is 84.1 Å². The van der Waals surface area contributed by atoms with Crippen molar-refractivity contribution in [3.05, 3.63) is 20.8 Å². The van der Waals surface area contributed by atoms with Gasteiger partial charge < -0.3 is 5.32 Å². The Morgan fingerprint density at radius 2 is 2.42 bits per heavy atom. The molecule has 0 atom stereocenters. The summed E-state index contributed by atoms with van der Waals surface area (Å²) >= 11 is 4.76. The van der Waals surface area contributed by atoms with Gasteiger partial charge in [0, 0.05) is 6.54 Å². The molecule has 0 saturated carbocycles. The SMILES string of the molecule is CCCNC(=O)c1ccc(Br)s1. The van der Waals surface area contributed by atoms with E-state index in [4.69, 9.17) is 0 Å². The standard InChI is InChI=1S/C8H10BrNOS/c1-2-5-10-8(11)6-3-4-7(9)12-6/h3-4H,2,5H2,1H3,(H,10,11). The smallest absolute Gasteiger partial charge is 0.261 e. The Kier molecular flexibility index (Phi) is 3.75. The lowest BCUT2D eigenvalue weighted by molar-refractivity contribution is 0.0957. The van der Waals surface area contributed by atoms with Crippen LogP contribution in [0.15, 0.2) is 15.9 Å². The molecular weight excluding hydrogens is 238 g/mol. The van der Waals surface area contributed by atoms with Crippen molar-refractivity contribution >= 4 is 33.2 Å². The molecule has 0 aliphatic carbocycles. The molecule has 1 rings (SSSR count). The van der Waals surface area contributed by atoms with Crippen molar-refractivity contribution in [1.82, 2.24) is 5.32 Å². The van der Waals surface area contributed by atoms with Crippen LogP contribution >= 0.6 is 27.3 Å². The number of carbonyl (C=O) groups excluding carboxylic acids is 1. The first-order valence-electron chi connectivity index (χ1n) is 3.77. The Morgan fingerprint density at radius 1 is 1.67 bits per heavy atom. The lowest BCUT2D eigenvalue weighted by Gasteiger charge is -1.98. The molecule has 0 spiro atoms. The van der Waals surface area contributed by atoms with Crippen LogP contribution in [0.4, 0.5) is 0 Å². The van der Waals surface area contributed by atoms with Crippen LogP contribution in [0.1, 0.15) is 23.0 Å². The molecule has 0 aliphatic rings. The van der Waals surface area contributed by atoms with Crippen LogP contribution in [0, 0.1) is 0 Å². The quantitative estimate of drug-likeness (QED) is 0.875. The van der Waals surface area contributed by atoms with Gasteiger partial charge in [0.1, 0.15) is 0 Å². The Balaban J connectivity index is 2.53. The van der Waals surface area contributed by atoms with Gasteiger partial charge in [-0.25, -0.2) is 0 Å². The third-order valence-electron chi connectivity index (χ3n) is 1.33. The second-order valence-corrected chi connectivity index (χ2v) is 4.82. The number of carbonyl (C=O) groups is 1. The highest BCUT2D eigenvalue weighted by molar-refractivity contribution is 9.11. The van der Waals surface area contributed by atoms with E-state index in [1.54, 1.807) is 0 Å². The molecule has 0 radical (unpaired) electrons. The zero-order chi connectivity index (χ0) is 8.97. The van der Waals surface area contributed by atoms with Gasteiger partial charge >= 0.3 is 0 Å². The minimum atomic E-state index is 0.0209.